The van der Waals surface area contributed by atoms with Gasteiger partial charge in [-0.1, -0.05) is 30.3 Å². The lowest BCUT2D eigenvalue weighted by molar-refractivity contribution is 0.0910. The number of hydrogen-bond donors (Lipinski definition) is 2. The molecule has 1 fully saturated rings. The molecule has 10 nitrogen and oxygen atoms in total. The molecule has 0 bridgehead atoms. The lowest BCUT2D eigenvalue weighted by Gasteiger charge is -2.29. The average Bonchev–Trinajstić information content (AvgIpc) is 3.52. The highest BCUT2D eigenvalue weighted by molar-refractivity contribution is 6.05. The van der Waals surface area contributed by atoms with Crippen molar-refractivity contribution >= 4 is 33.8 Å². The first-order chi connectivity index (χ1) is 20.0. The van der Waals surface area contributed by atoms with E-state index >= 15 is 0 Å². The van der Waals surface area contributed by atoms with Gasteiger partial charge in [-0.2, -0.15) is 5.10 Å². The van der Waals surface area contributed by atoms with E-state index in [0.717, 1.165) is 47.6 Å². The van der Waals surface area contributed by atoms with Gasteiger partial charge in [0.15, 0.2) is 0 Å². The Morgan fingerprint density at radius 2 is 1.66 bits per heavy atom. The van der Waals surface area contributed by atoms with Crippen LogP contribution in [0.1, 0.15) is 53.6 Å². The van der Waals surface area contributed by atoms with Crippen molar-refractivity contribution in [2.45, 2.75) is 51.7 Å². The number of rotatable bonds is 7. The molecule has 41 heavy (non-hydrogen) atoms. The summed E-state index contributed by atoms with van der Waals surface area (Å²) in [6, 6.07) is 18.9. The van der Waals surface area contributed by atoms with Crippen molar-refractivity contribution in [1.82, 2.24) is 34.5 Å². The molecule has 5 aromatic rings. The van der Waals surface area contributed by atoms with E-state index in [9.17, 15) is 14.4 Å². The number of benzene rings is 2. The van der Waals surface area contributed by atoms with Crippen LogP contribution in [0.25, 0.3) is 27.6 Å². The maximum absolute atomic E-state index is 13.7. The summed E-state index contributed by atoms with van der Waals surface area (Å²) in [5.41, 5.74) is 3.88. The number of fused-ring (bicyclic) bond motifs is 2. The van der Waals surface area contributed by atoms with Crippen LogP contribution in [0.15, 0.2) is 71.7 Å². The Labute approximate surface area is 237 Å². The smallest absolute Gasteiger partial charge is 0.333 e. The lowest BCUT2D eigenvalue weighted by atomic mass is 9.86. The number of para-hydroxylation sites is 2. The number of nitrogens with one attached hydrogen (secondary N) is 2. The van der Waals surface area contributed by atoms with Crippen LogP contribution in [0.2, 0.25) is 0 Å². The third-order valence-electron chi connectivity index (χ3n) is 8.08. The van der Waals surface area contributed by atoms with Gasteiger partial charge in [0.25, 0.3) is 11.8 Å². The van der Waals surface area contributed by atoms with Crippen LogP contribution in [-0.2, 0) is 13.1 Å². The highest BCUT2D eigenvalue weighted by Crippen LogP contribution is 2.28. The van der Waals surface area contributed by atoms with E-state index in [0.29, 0.717) is 36.1 Å². The Bertz CT molecular complexity index is 1790. The van der Waals surface area contributed by atoms with E-state index in [2.05, 4.69) is 20.7 Å². The summed E-state index contributed by atoms with van der Waals surface area (Å²) in [5.74, 6) is -0.0438. The third-order valence-corrected chi connectivity index (χ3v) is 8.08. The molecule has 0 spiro atoms. The first-order valence-corrected chi connectivity index (χ1v) is 14.1. The molecule has 6 rings (SSSR count). The number of aromatic nitrogens is 5. The minimum atomic E-state index is -0.276. The predicted octanol–water partition coefficient (Wildman–Crippen LogP) is 3.91. The van der Waals surface area contributed by atoms with E-state index < -0.39 is 0 Å². The number of aryl methyl sites for hydroxylation is 1. The molecule has 0 saturated heterocycles. The second-order valence-corrected chi connectivity index (χ2v) is 10.6. The van der Waals surface area contributed by atoms with Gasteiger partial charge in [-0.15, -0.1) is 0 Å². The molecule has 3 heterocycles. The summed E-state index contributed by atoms with van der Waals surface area (Å²) in [6.07, 6.45) is 5.09. The third kappa shape index (κ3) is 4.90. The SMILES string of the molecule is CCn1nc2ccccc2c1C(=O)NC1CCC(Cn2c(=O)n(-c3ccc(C(=O)NC)nc3)c3ccccc32)CC1. The van der Waals surface area contributed by atoms with Crippen molar-refractivity contribution < 1.29 is 9.59 Å². The van der Waals surface area contributed by atoms with Gasteiger partial charge >= 0.3 is 5.69 Å². The maximum Gasteiger partial charge on any atom is 0.333 e. The number of amides is 2. The molecule has 3 aromatic heterocycles. The molecule has 210 valence electrons. The second-order valence-electron chi connectivity index (χ2n) is 10.6. The van der Waals surface area contributed by atoms with Crippen molar-refractivity contribution in [2.24, 2.45) is 5.92 Å². The summed E-state index contributed by atoms with van der Waals surface area (Å²) in [6.45, 7) is 3.22. The monoisotopic (exact) mass is 551 g/mol. The summed E-state index contributed by atoms with van der Waals surface area (Å²) in [4.78, 5) is 43.2. The van der Waals surface area contributed by atoms with E-state index in [1.54, 1.807) is 34.6 Å². The summed E-state index contributed by atoms with van der Waals surface area (Å²) >= 11 is 0. The van der Waals surface area contributed by atoms with Gasteiger partial charge in [0, 0.05) is 31.6 Å². The quantitative estimate of drug-likeness (QED) is 0.318. The molecule has 0 unspecified atom stereocenters. The highest BCUT2D eigenvalue weighted by Gasteiger charge is 2.27. The number of carbonyl (C=O) groups is 2. The van der Waals surface area contributed by atoms with Crippen LogP contribution >= 0.6 is 0 Å². The highest BCUT2D eigenvalue weighted by atomic mass is 16.2. The van der Waals surface area contributed by atoms with Gasteiger partial charge in [0.1, 0.15) is 11.4 Å². The Hall–Kier alpha value is -4.73. The average molecular weight is 552 g/mol. The fourth-order valence-corrected chi connectivity index (χ4v) is 5.96. The van der Waals surface area contributed by atoms with Crippen molar-refractivity contribution in [3.8, 4) is 5.69 Å². The minimum Gasteiger partial charge on any atom is -0.354 e. The van der Waals surface area contributed by atoms with Crippen LogP contribution in [0.3, 0.4) is 0 Å². The molecule has 2 aromatic carbocycles. The standard InChI is InChI=1S/C31H33N7O3/c1-3-37-28(23-8-4-5-9-24(23)35-37)30(40)34-21-14-12-20(13-15-21)19-36-26-10-6-7-11-27(26)38(31(36)41)22-16-17-25(33-18-22)29(39)32-2/h4-11,16-18,20-21H,3,12-15,19H2,1-2H3,(H,32,39)(H,34,40). The molecule has 0 radical (unpaired) electrons. The van der Waals surface area contributed by atoms with Crippen molar-refractivity contribution in [2.75, 3.05) is 7.05 Å². The Morgan fingerprint density at radius 1 is 0.927 bits per heavy atom. The molecule has 0 aliphatic heterocycles. The molecular weight excluding hydrogens is 518 g/mol. The molecule has 1 saturated carbocycles. The van der Waals surface area contributed by atoms with Crippen LogP contribution in [-0.4, -0.2) is 48.8 Å². The van der Waals surface area contributed by atoms with Gasteiger partial charge in [-0.05, 0) is 68.9 Å². The lowest BCUT2D eigenvalue weighted by Crippen LogP contribution is -2.39. The number of pyridine rings is 1. The van der Waals surface area contributed by atoms with Crippen molar-refractivity contribution in [3.05, 3.63) is 88.7 Å². The van der Waals surface area contributed by atoms with Gasteiger partial charge in [0.05, 0.1) is 28.4 Å². The topological polar surface area (TPSA) is 116 Å². The molecule has 1 aliphatic carbocycles. The minimum absolute atomic E-state index is 0.0839. The zero-order valence-electron chi connectivity index (χ0n) is 23.2. The maximum atomic E-state index is 13.7. The molecule has 2 amide bonds. The molecule has 0 atom stereocenters. The van der Waals surface area contributed by atoms with Gasteiger partial charge in [-0.3, -0.25) is 23.4 Å². The largest absolute Gasteiger partial charge is 0.354 e. The number of hydrogen-bond acceptors (Lipinski definition) is 5. The molecule has 10 heteroatoms. The fraction of sp³-hybridized carbons (Fsp3) is 0.323. The molecular formula is C31H33N7O3. The first kappa shape index (κ1) is 26.5. The zero-order chi connectivity index (χ0) is 28.5. The summed E-state index contributed by atoms with van der Waals surface area (Å²) in [7, 11) is 1.56. The van der Waals surface area contributed by atoms with Gasteiger partial charge in [-0.25, -0.2) is 9.78 Å². The van der Waals surface area contributed by atoms with Crippen LogP contribution < -0.4 is 16.3 Å². The van der Waals surface area contributed by atoms with E-state index in [1.807, 2.05) is 60.0 Å². The molecule has 2 N–H and O–H groups in total. The zero-order valence-corrected chi connectivity index (χ0v) is 23.2. The molecule has 1 aliphatic rings. The first-order valence-electron chi connectivity index (χ1n) is 14.1. The Balaban J connectivity index is 1.17. The van der Waals surface area contributed by atoms with Crippen LogP contribution in [0.5, 0.6) is 0 Å². The van der Waals surface area contributed by atoms with E-state index in [1.165, 1.54) is 0 Å². The normalized spacial score (nSPS) is 17.1. The van der Waals surface area contributed by atoms with Crippen molar-refractivity contribution in [1.29, 1.82) is 0 Å². The Morgan fingerprint density at radius 3 is 2.37 bits per heavy atom. The Kier molecular flexibility index (Phi) is 7.13. The van der Waals surface area contributed by atoms with E-state index in [-0.39, 0.29) is 23.5 Å². The van der Waals surface area contributed by atoms with Crippen molar-refractivity contribution in [3.63, 3.8) is 0 Å². The van der Waals surface area contributed by atoms with Crippen LogP contribution in [0, 0.1) is 5.92 Å². The predicted molar refractivity (Wildman–Crippen MR) is 157 cm³/mol. The van der Waals surface area contributed by atoms with E-state index in [4.69, 9.17) is 0 Å². The number of imidazole rings is 1. The summed E-state index contributed by atoms with van der Waals surface area (Å²) in [5, 5.41) is 11.3. The number of carbonyl (C=O) groups excluding carboxylic acids is 2. The summed E-state index contributed by atoms with van der Waals surface area (Å²) < 4.78 is 5.27. The van der Waals surface area contributed by atoms with Gasteiger partial charge in [0.2, 0.25) is 0 Å². The van der Waals surface area contributed by atoms with Crippen LogP contribution in [0.4, 0.5) is 0 Å². The second kappa shape index (κ2) is 11.0. The van der Waals surface area contributed by atoms with Gasteiger partial charge < -0.3 is 10.6 Å². The number of nitrogens with zero attached hydrogens (tertiary/aromatic N) is 5. The fourth-order valence-electron chi connectivity index (χ4n) is 5.96.